The van der Waals surface area contributed by atoms with Crippen LogP contribution in [-0.2, 0) is 23.9 Å². The van der Waals surface area contributed by atoms with Crippen LogP contribution in [0.5, 0.6) is 0 Å². The number of unbranched alkanes of at least 4 members (excludes halogenated alkanes) is 3. The lowest BCUT2D eigenvalue weighted by atomic mass is 9.70. The predicted octanol–water partition coefficient (Wildman–Crippen LogP) is 4.26. The summed E-state index contributed by atoms with van der Waals surface area (Å²) >= 11 is 0. The van der Waals surface area contributed by atoms with Gasteiger partial charge < -0.3 is 24.4 Å². The van der Waals surface area contributed by atoms with E-state index in [2.05, 4.69) is 47.8 Å². The van der Waals surface area contributed by atoms with Crippen LogP contribution in [0.15, 0.2) is 25.3 Å². The van der Waals surface area contributed by atoms with Crippen molar-refractivity contribution in [2.45, 2.75) is 109 Å². The van der Waals surface area contributed by atoms with Gasteiger partial charge in [-0.15, -0.1) is 13.2 Å². The molecule has 3 saturated heterocycles. The van der Waals surface area contributed by atoms with E-state index in [-0.39, 0.29) is 30.4 Å². The van der Waals surface area contributed by atoms with Crippen molar-refractivity contribution in [3.63, 3.8) is 0 Å². The minimum Gasteiger partial charge on any atom is -0.465 e. The number of likely N-dealkylation sites (tertiary alicyclic amines) is 1. The Kier molecular flexibility index (Phi) is 10.1. The number of amides is 2. The molecule has 8 heteroatoms. The van der Waals surface area contributed by atoms with E-state index in [9.17, 15) is 14.4 Å². The van der Waals surface area contributed by atoms with E-state index in [4.69, 9.17) is 14.6 Å². The van der Waals surface area contributed by atoms with Gasteiger partial charge in [-0.1, -0.05) is 45.8 Å². The van der Waals surface area contributed by atoms with Crippen molar-refractivity contribution in [3.8, 4) is 0 Å². The minimum atomic E-state index is -1.04. The number of carbonyl (C=O) groups excluding carboxylic acids is 3. The first-order chi connectivity index (χ1) is 18.3. The summed E-state index contributed by atoms with van der Waals surface area (Å²) in [7, 11) is 0. The molecule has 1 N–H and O–H groups in total. The molecule has 8 nitrogen and oxygen atoms in total. The molecule has 2 bridgehead atoms. The molecule has 3 rings (SSSR count). The molecule has 1 spiro atoms. The van der Waals surface area contributed by atoms with Gasteiger partial charge in [-0.25, -0.2) is 0 Å². The highest BCUT2D eigenvalue weighted by atomic mass is 16.6. The van der Waals surface area contributed by atoms with E-state index in [1.807, 2.05) is 4.90 Å². The zero-order chi connectivity index (χ0) is 29.0. The van der Waals surface area contributed by atoms with Gasteiger partial charge in [0, 0.05) is 25.2 Å². The third kappa shape index (κ3) is 6.43. The predicted molar refractivity (Wildman–Crippen MR) is 151 cm³/mol. The SMILES string of the molecule is C=CCCOC(=O)[C@@H]1[C@H]2C(=O)N(CCCCCCO)C(C(=O)N(CC=C)C(C)(C)CC(C)(C)C)C23CC[C@H]1O3. The number of nitrogens with zero attached hydrogens (tertiary/aromatic N) is 2. The van der Waals surface area contributed by atoms with Crippen LogP contribution < -0.4 is 0 Å². The Morgan fingerprint density at radius 1 is 1.15 bits per heavy atom. The number of hydrogen-bond acceptors (Lipinski definition) is 6. The van der Waals surface area contributed by atoms with Gasteiger partial charge in [-0.05, 0) is 57.8 Å². The molecule has 3 fully saturated rings. The molecule has 3 heterocycles. The minimum absolute atomic E-state index is 0.0233. The fraction of sp³-hybridized carbons (Fsp3) is 0.774. The van der Waals surface area contributed by atoms with Crippen LogP contribution in [0.2, 0.25) is 0 Å². The molecule has 5 atom stereocenters. The van der Waals surface area contributed by atoms with Crippen LogP contribution in [-0.4, -0.2) is 82.3 Å². The van der Waals surface area contributed by atoms with E-state index >= 15 is 0 Å². The number of carbonyl (C=O) groups is 3. The summed E-state index contributed by atoms with van der Waals surface area (Å²) in [6.45, 7) is 19.3. The molecule has 0 aromatic heterocycles. The van der Waals surface area contributed by atoms with Crippen LogP contribution in [0, 0.1) is 17.3 Å². The number of hydrogen-bond donors (Lipinski definition) is 1. The Labute approximate surface area is 234 Å². The summed E-state index contributed by atoms with van der Waals surface area (Å²) in [5.74, 6) is -2.18. The van der Waals surface area contributed by atoms with Gasteiger partial charge in [0.25, 0.3) is 0 Å². The first-order valence-corrected chi connectivity index (χ1v) is 14.6. The third-order valence-corrected chi connectivity index (χ3v) is 8.45. The Morgan fingerprint density at radius 2 is 1.85 bits per heavy atom. The Morgan fingerprint density at radius 3 is 2.46 bits per heavy atom. The summed E-state index contributed by atoms with van der Waals surface area (Å²) in [6.07, 6.45) is 8.59. The molecule has 0 aromatic carbocycles. The lowest BCUT2D eigenvalue weighted by Crippen LogP contribution is -2.61. The zero-order valence-electron chi connectivity index (χ0n) is 24.7. The third-order valence-electron chi connectivity index (χ3n) is 8.45. The second-order valence-electron chi connectivity index (χ2n) is 13.3. The quantitative estimate of drug-likeness (QED) is 0.187. The van der Waals surface area contributed by atoms with Crippen molar-refractivity contribution in [2.24, 2.45) is 17.3 Å². The van der Waals surface area contributed by atoms with Gasteiger partial charge >= 0.3 is 5.97 Å². The van der Waals surface area contributed by atoms with Crippen LogP contribution in [0.4, 0.5) is 0 Å². The Bertz CT molecular complexity index is 925. The highest BCUT2D eigenvalue weighted by molar-refractivity contribution is 5.98. The fourth-order valence-corrected chi connectivity index (χ4v) is 7.33. The summed E-state index contributed by atoms with van der Waals surface area (Å²) < 4.78 is 12.1. The molecular formula is C31H50N2O6. The lowest BCUT2D eigenvalue weighted by molar-refractivity contribution is -0.156. The van der Waals surface area contributed by atoms with Crippen LogP contribution in [0.1, 0.15) is 86.0 Å². The van der Waals surface area contributed by atoms with Gasteiger partial charge in [-0.3, -0.25) is 14.4 Å². The molecular weight excluding hydrogens is 496 g/mol. The number of aliphatic hydroxyl groups excluding tert-OH is 1. The van der Waals surface area contributed by atoms with E-state index in [0.717, 1.165) is 19.3 Å². The van der Waals surface area contributed by atoms with E-state index in [0.29, 0.717) is 45.2 Å². The zero-order valence-corrected chi connectivity index (χ0v) is 24.7. The summed E-state index contributed by atoms with van der Waals surface area (Å²) in [5.41, 5.74) is -1.55. The molecule has 0 radical (unpaired) electrons. The number of esters is 1. The molecule has 3 aliphatic rings. The van der Waals surface area contributed by atoms with Gasteiger partial charge in [0.2, 0.25) is 11.8 Å². The van der Waals surface area contributed by atoms with Gasteiger partial charge in [0.05, 0.1) is 24.5 Å². The lowest BCUT2D eigenvalue weighted by Gasteiger charge is -2.45. The molecule has 0 aliphatic carbocycles. The number of ether oxygens (including phenoxy) is 2. The summed E-state index contributed by atoms with van der Waals surface area (Å²) in [6, 6.07) is -0.803. The number of rotatable bonds is 15. The maximum atomic E-state index is 14.6. The molecule has 2 amide bonds. The van der Waals surface area contributed by atoms with Crippen molar-refractivity contribution in [1.82, 2.24) is 9.80 Å². The maximum Gasteiger partial charge on any atom is 0.312 e. The van der Waals surface area contributed by atoms with E-state index in [1.54, 1.807) is 17.1 Å². The van der Waals surface area contributed by atoms with Gasteiger partial charge in [0.15, 0.2) is 0 Å². The van der Waals surface area contributed by atoms with E-state index in [1.165, 1.54) is 0 Å². The molecule has 39 heavy (non-hydrogen) atoms. The highest BCUT2D eigenvalue weighted by Crippen LogP contribution is 2.59. The normalized spacial score (nSPS) is 27.9. The molecule has 2 unspecified atom stereocenters. The Hall–Kier alpha value is -2.19. The fourth-order valence-electron chi connectivity index (χ4n) is 7.33. The standard InChI is InChI=1S/C31H50N2O6/c1-8-10-20-38-28(37)23-22-15-16-31(39-22)24(23)26(35)32(18-13-11-12-14-19-34)25(31)27(36)33(17-9-2)30(6,7)21-29(3,4)5/h8-9,22-25,34H,1-2,10-21H2,3-7H3/t22-,23+,24+,25?,31?/m1/s1. The van der Waals surface area contributed by atoms with Crippen molar-refractivity contribution in [3.05, 3.63) is 25.3 Å². The summed E-state index contributed by atoms with van der Waals surface area (Å²) in [5, 5.41) is 9.15. The summed E-state index contributed by atoms with van der Waals surface area (Å²) in [4.78, 5) is 45.5. The average Bonchev–Trinajstić information content (AvgIpc) is 3.48. The van der Waals surface area contributed by atoms with Crippen molar-refractivity contribution >= 4 is 17.8 Å². The molecule has 0 aromatic rings. The molecule has 220 valence electrons. The number of fused-ring (bicyclic) bond motifs is 1. The van der Waals surface area contributed by atoms with Gasteiger partial charge in [-0.2, -0.15) is 0 Å². The number of aliphatic hydroxyl groups is 1. The van der Waals surface area contributed by atoms with Gasteiger partial charge in [0.1, 0.15) is 11.6 Å². The van der Waals surface area contributed by atoms with Crippen molar-refractivity contribution < 1.29 is 29.0 Å². The first kappa shape index (κ1) is 31.3. The smallest absolute Gasteiger partial charge is 0.312 e. The van der Waals surface area contributed by atoms with Crippen LogP contribution >= 0.6 is 0 Å². The van der Waals surface area contributed by atoms with Crippen LogP contribution in [0.25, 0.3) is 0 Å². The Balaban J connectivity index is 1.98. The second-order valence-corrected chi connectivity index (χ2v) is 13.3. The van der Waals surface area contributed by atoms with Crippen LogP contribution in [0.3, 0.4) is 0 Å². The maximum absolute atomic E-state index is 14.6. The van der Waals surface area contributed by atoms with Crippen molar-refractivity contribution in [1.29, 1.82) is 0 Å². The topological polar surface area (TPSA) is 96.4 Å². The van der Waals surface area contributed by atoms with Crippen molar-refractivity contribution in [2.75, 3.05) is 26.3 Å². The highest BCUT2D eigenvalue weighted by Gasteiger charge is 2.75. The average molecular weight is 547 g/mol. The van der Waals surface area contributed by atoms with E-state index < -0.39 is 41.1 Å². The monoisotopic (exact) mass is 546 g/mol. The largest absolute Gasteiger partial charge is 0.465 e. The first-order valence-electron chi connectivity index (χ1n) is 14.6. The second kappa shape index (κ2) is 12.5. The molecule has 0 saturated carbocycles. The molecule has 3 aliphatic heterocycles.